The highest BCUT2D eigenvalue weighted by Gasteiger charge is 2.38. The molecule has 6 nitrogen and oxygen atoms in total. The van der Waals surface area contributed by atoms with Crippen molar-refractivity contribution < 1.29 is 19.2 Å². The summed E-state index contributed by atoms with van der Waals surface area (Å²) < 4.78 is 10.8. The predicted octanol–water partition coefficient (Wildman–Crippen LogP) is 2.50. The van der Waals surface area contributed by atoms with E-state index in [-0.39, 0.29) is 17.9 Å². The summed E-state index contributed by atoms with van der Waals surface area (Å²) in [6, 6.07) is 0. The van der Waals surface area contributed by atoms with Crippen molar-refractivity contribution in [3.8, 4) is 0 Å². The van der Waals surface area contributed by atoms with Crippen LogP contribution in [0, 0.1) is 5.41 Å². The molecule has 1 saturated heterocycles. The molecule has 1 aromatic heterocycles. The Morgan fingerprint density at radius 2 is 2.15 bits per heavy atom. The van der Waals surface area contributed by atoms with Gasteiger partial charge in [-0.25, -0.2) is 0 Å². The molecule has 1 N–H and O–H groups in total. The highest BCUT2D eigenvalue weighted by Crippen LogP contribution is 2.43. The maximum atomic E-state index is 11.1. The Morgan fingerprint density at radius 1 is 1.35 bits per heavy atom. The minimum absolute atomic E-state index is 0.0495. The number of carboxylic acid groups (broad SMARTS) is 1. The summed E-state index contributed by atoms with van der Waals surface area (Å²) in [6.07, 6.45) is 6.68. The lowest BCUT2D eigenvalue weighted by atomic mass is 9.79. The molecule has 2 heterocycles. The quantitative estimate of drug-likeness (QED) is 0.891. The molecule has 1 aliphatic carbocycles. The second-order valence-electron chi connectivity index (χ2n) is 6.00. The van der Waals surface area contributed by atoms with E-state index < -0.39 is 5.97 Å². The lowest BCUT2D eigenvalue weighted by Crippen LogP contribution is -2.24. The number of aliphatic carboxylic acids is 1. The van der Waals surface area contributed by atoms with Crippen LogP contribution in [0.3, 0.4) is 0 Å². The summed E-state index contributed by atoms with van der Waals surface area (Å²) in [6.45, 7) is 0.748. The average Bonchev–Trinajstić information content (AvgIpc) is 3.08. The molecule has 1 atom stereocenters. The number of aromatic nitrogens is 2. The number of nitrogens with zero attached hydrogens (tertiary/aromatic N) is 2. The molecular formula is C14H20N2O4. The number of carbonyl (C=O) groups is 1. The zero-order valence-corrected chi connectivity index (χ0v) is 11.5. The van der Waals surface area contributed by atoms with Crippen LogP contribution < -0.4 is 0 Å². The lowest BCUT2D eigenvalue weighted by molar-refractivity contribution is -0.139. The summed E-state index contributed by atoms with van der Waals surface area (Å²) in [5.74, 6) is 0.422. The topological polar surface area (TPSA) is 85.5 Å². The molecule has 1 unspecified atom stereocenters. The van der Waals surface area contributed by atoms with Gasteiger partial charge in [0.1, 0.15) is 6.10 Å². The third kappa shape index (κ3) is 2.85. The first-order valence-electron chi connectivity index (χ1n) is 7.33. The zero-order chi connectivity index (χ0) is 14.0. The van der Waals surface area contributed by atoms with Gasteiger partial charge in [-0.3, -0.25) is 4.79 Å². The van der Waals surface area contributed by atoms with E-state index in [9.17, 15) is 4.79 Å². The van der Waals surface area contributed by atoms with E-state index in [2.05, 4.69) is 10.1 Å². The van der Waals surface area contributed by atoms with Crippen molar-refractivity contribution in [2.45, 2.75) is 57.5 Å². The first kappa shape index (κ1) is 13.5. The van der Waals surface area contributed by atoms with Crippen molar-refractivity contribution in [3.05, 3.63) is 11.7 Å². The van der Waals surface area contributed by atoms with Gasteiger partial charge in [-0.2, -0.15) is 4.98 Å². The Morgan fingerprint density at radius 3 is 2.80 bits per heavy atom. The van der Waals surface area contributed by atoms with Gasteiger partial charge >= 0.3 is 5.97 Å². The molecule has 1 aromatic rings. The maximum Gasteiger partial charge on any atom is 0.303 e. The molecule has 2 fully saturated rings. The van der Waals surface area contributed by atoms with E-state index in [0.717, 1.165) is 45.1 Å². The third-order valence-corrected chi connectivity index (χ3v) is 4.42. The standard InChI is InChI=1S/C14H20N2O4/c17-12(18)9-14(5-1-2-6-14)8-11-15-13(16-20-11)10-4-3-7-19-10/h10H,1-9H2,(H,17,18). The molecule has 20 heavy (non-hydrogen) atoms. The normalized spacial score (nSPS) is 25.1. The van der Waals surface area contributed by atoms with Crippen LogP contribution in [0.15, 0.2) is 4.52 Å². The van der Waals surface area contributed by atoms with E-state index >= 15 is 0 Å². The summed E-state index contributed by atoms with van der Waals surface area (Å²) >= 11 is 0. The van der Waals surface area contributed by atoms with Crippen LogP contribution in [-0.2, 0) is 16.0 Å². The minimum atomic E-state index is -0.745. The number of carboxylic acids is 1. The van der Waals surface area contributed by atoms with Crippen LogP contribution in [0.2, 0.25) is 0 Å². The van der Waals surface area contributed by atoms with Crippen LogP contribution in [0.5, 0.6) is 0 Å². The van der Waals surface area contributed by atoms with Gasteiger partial charge in [0, 0.05) is 13.0 Å². The number of rotatable bonds is 5. The first-order valence-corrected chi connectivity index (χ1v) is 7.33. The van der Waals surface area contributed by atoms with E-state index in [1.54, 1.807) is 0 Å². The molecule has 0 radical (unpaired) electrons. The van der Waals surface area contributed by atoms with Crippen LogP contribution in [-0.4, -0.2) is 27.8 Å². The molecule has 2 aliphatic rings. The van der Waals surface area contributed by atoms with Gasteiger partial charge in [-0.15, -0.1) is 0 Å². The van der Waals surface area contributed by atoms with Crippen LogP contribution >= 0.6 is 0 Å². The van der Waals surface area contributed by atoms with Crippen LogP contribution in [0.1, 0.15) is 62.8 Å². The number of hydrogen-bond acceptors (Lipinski definition) is 5. The van der Waals surface area contributed by atoms with E-state index in [1.165, 1.54) is 0 Å². The summed E-state index contributed by atoms with van der Waals surface area (Å²) in [5, 5.41) is 13.1. The number of ether oxygens (including phenoxy) is 1. The fourth-order valence-electron chi connectivity index (χ4n) is 3.43. The number of hydrogen-bond donors (Lipinski definition) is 1. The van der Waals surface area contributed by atoms with E-state index in [0.29, 0.717) is 18.1 Å². The molecule has 6 heteroatoms. The SMILES string of the molecule is O=C(O)CC1(Cc2nc(C3CCCO3)no2)CCCC1. The van der Waals surface area contributed by atoms with E-state index in [1.807, 2.05) is 0 Å². The summed E-state index contributed by atoms with van der Waals surface area (Å²) in [5.41, 5.74) is -0.202. The van der Waals surface area contributed by atoms with Gasteiger partial charge in [-0.1, -0.05) is 18.0 Å². The van der Waals surface area contributed by atoms with Crippen LogP contribution in [0.25, 0.3) is 0 Å². The van der Waals surface area contributed by atoms with Crippen molar-refractivity contribution in [2.24, 2.45) is 5.41 Å². The maximum absolute atomic E-state index is 11.1. The van der Waals surface area contributed by atoms with Crippen molar-refractivity contribution in [1.29, 1.82) is 0 Å². The highest BCUT2D eigenvalue weighted by molar-refractivity contribution is 5.67. The summed E-state index contributed by atoms with van der Waals surface area (Å²) in [7, 11) is 0. The van der Waals surface area contributed by atoms with E-state index in [4.69, 9.17) is 14.4 Å². The molecule has 0 bridgehead atoms. The Labute approximate surface area is 117 Å². The smallest absolute Gasteiger partial charge is 0.303 e. The van der Waals surface area contributed by atoms with Gasteiger partial charge in [-0.05, 0) is 31.1 Å². The molecular weight excluding hydrogens is 260 g/mol. The van der Waals surface area contributed by atoms with Crippen molar-refractivity contribution in [2.75, 3.05) is 6.61 Å². The van der Waals surface area contributed by atoms with Gasteiger partial charge in [0.25, 0.3) is 0 Å². The monoisotopic (exact) mass is 280 g/mol. The second-order valence-corrected chi connectivity index (χ2v) is 6.00. The highest BCUT2D eigenvalue weighted by atomic mass is 16.5. The minimum Gasteiger partial charge on any atom is -0.481 e. The molecule has 0 aromatic carbocycles. The molecule has 1 saturated carbocycles. The molecule has 0 spiro atoms. The zero-order valence-electron chi connectivity index (χ0n) is 11.5. The lowest BCUT2D eigenvalue weighted by Gasteiger charge is -2.24. The predicted molar refractivity (Wildman–Crippen MR) is 69.1 cm³/mol. The molecule has 0 amide bonds. The summed E-state index contributed by atoms with van der Waals surface area (Å²) in [4.78, 5) is 15.5. The fourth-order valence-corrected chi connectivity index (χ4v) is 3.43. The van der Waals surface area contributed by atoms with Crippen molar-refractivity contribution in [3.63, 3.8) is 0 Å². The van der Waals surface area contributed by atoms with Crippen LogP contribution in [0.4, 0.5) is 0 Å². The molecule has 3 rings (SSSR count). The van der Waals surface area contributed by atoms with Gasteiger partial charge < -0.3 is 14.4 Å². The third-order valence-electron chi connectivity index (χ3n) is 4.42. The van der Waals surface area contributed by atoms with Gasteiger partial charge in [0.15, 0.2) is 0 Å². The molecule has 110 valence electrons. The van der Waals surface area contributed by atoms with Gasteiger partial charge in [0.05, 0.1) is 6.42 Å². The largest absolute Gasteiger partial charge is 0.481 e. The Kier molecular flexibility index (Phi) is 3.74. The average molecular weight is 280 g/mol. The fraction of sp³-hybridized carbons (Fsp3) is 0.786. The first-order chi connectivity index (χ1) is 9.67. The van der Waals surface area contributed by atoms with Crippen molar-refractivity contribution in [1.82, 2.24) is 10.1 Å². The Bertz CT molecular complexity index is 473. The van der Waals surface area contributed by atoms with Gasteiger partial charge in [0.2, 0.25) is 11.7 Å². The second kappa shape index (κ2) is 5.52. The molecule has 1 aliphatic heterocycles. The van der Waals surface area contributed by atoms with Crippen molar-refractivity contribution >= 4 is 5.97 Å². The Hall–Kier alpha value is -1.43. The Balaban J connectivity index is 1.70.